The zero-order chi connectivity index (χ0) is 5.11. The first-order valence-electron chi connectivity index (χ1n) is 2.46. The van der Waals surface area contributed by atoms with Gasteiger partial charge in [0.15, 0.2) is 0 Å². The smallest absolute Gasteiger partial charge is 0.00424 e. The van der Waals surface area contributed by atoms with Crippen molar-refractivity contribution >= 4 is 11.3 Å². The van der Waals surface area contributed by atoms with Gasteiger partial charge in [-0.25, -0.2) is 0 Å². The zero-order valence-electron chi connectivity index (χ0n) is 5.05. The molecule has 0 saturated carbocycles. The van der Waals surface area contributed by atoms with Crippen LogP contribution in [0.25, 0.3) is 0 Å². The van der Waals surface area contributed by atoms with E-state index in [1.54, 1.807) is 0 Å². The zero-order valence-corrected chi connectivity index (χ0v) is 5.87. The summed E-state index contributed by atoms with van der Waals surface area (Å²) in [5, 5.41) is 2.11. The van der Waals surface area contributed by atoms with Crippen LogP contribution in [0.15, 0.2) is 17.5 Å². The van der Waals surface area contributed by atoms with Crippen molar-refractivity contribution in [2.45, 2.75) is 13.3 Å². The third-order valence-corrected chi connectivity index (χ3v) is 1.95. The van der Waals surface area contributed by atoms with Crippen LogP contribution in [-0.2, 0) is 6.42 Å². The molecule has 0 radical (unpaired) electrons. The van der Waals surface area contributed by atoms with E-state index in [4.69, 9.17) is 0 Å². The maximum absolute atomic E-state index is 2.17. The van der Waals surface area contributed by atoms with Crippen LogP contribution in [0.3, 0.4) is 0 Å². The van der Waals surface area contributed by atoms with E-state index in [1.165, 1.54) is 11.3 Å². The first kappa shape index (κ1) is 7.66. The van der Waals surface area contributed by atoms with E-state index >= 15 is 0 Å². The SMILES string of the molecule is CCc1cccs1.N. The van der Waals surface area contributed by atoms with Crippen LogP contribution in [0.2, 0.25) is 0 Å². The molecule has 0 fully saturated rings. The van der Waals surface area contributed by atoms with Crippen molar-refractivity contribution in [1.82, 2.24) is 6.15 Å². The Bertz CT molecular complexity index is 123. The van der Waals surface area contributed by atoms with Gasteiger partial charge in [0.25, 0.3) is 0 Å². The van der Waals surface area contributed by atoms with E-state index < -0.39 is 0 Å². The normalized spacial score (nSPS) is 8.12. The summed E-state index contributed by atoms with van der Waals surface area (Å²) in [7, 11) is 0. The molecule has 0 saturated heterocycles. The minimum Gasteiger partial charge on any atom is -0.344 e. The fourth-order valence-electron chi connectivity index (χ4n) is 0.514. The Kier molecular flexibility index (Phi) is 3.48. The first-order chi connectivity index (χ1) is 3.43. The molecule has 3 N–H and O–H groups in total. The van der Waals surface area contributed by atoms with E-state index in [2.05, 4.69) is 24.4 Å². The van der Waals surface area contributed by atoms with Crippen LogP contribution in [0.1, 0.15) is 11.8 Å². The molecule has 0 bridgehead atoms. The van der Waals surface area contributed by atoms with Crippen molar-refractivity contribution in [3.05, 3.63) is 22.4 Å². The van der Waals surface area contributed by atoms with Crippen molar-refractivity contribution in [3.8, 4) is 0 Å². The molecule has 46 valence electrons. The van der Waals surface area contributed by atoms with Gasteiger partial charge in [0.05, 0.1) is 0 Å². The lowest BCUT2D eigenvalue weighted by Gasteiger charge is -1.78. The Morgan fingerprint density at radius 1 is 1.62 bits per heavy atom. The minimum atomic E-state index is 0. The number of thiophene rings is 1. The Hall–Kier alpha value is -0.340. The Morgan fingerprint density at radius 3 is 2.62 bits per heavy atom. The molecule has 0 aliphatic carbocycles. The summed E-state index contributed by atoms with van der Waals surface area (Å²) in [6.45, 7) is 2.17. The Balaban J connectivity index is 0.000000490. The average Bonchev–Trinajstić information content (AvgIpc) is 2.14. The molecule has 0 aliphatic heterocycles. The molecule has 0 spiro atoms. The molecule has 0 atom stereocenters. The van der Waals surface area contributed by atoms with Crippen molar-refractivity contribution in [3.63, 3.8) is 0 Å². The third kappa shape index (κ3) is 1.64. The fourth-order valence-corrected chi connectivity index (χ4v) is 1.17. The lowest BCUT2D eigenvalue weighted by molar-refractivity contribution is 1.19. The van der Waals surface area contributed by atoms with Gasteiger partial charge in [0.1, 0.15) is 0 Å². The van der Waals surface area contributed by atoms with Gasteiger partial charge in [-0.1, -0.05) is 13.0 Å². The van der Waals surface area contributed by atoms with Crippen LogP contribution in [0.5, 0.6) is 0 Å². The highest BCUT2D eigenvalue weighted by molar-refractivity contribution is 7.09. The number of aryl methyl sites for hydroxylation is 1. The van der Waals surface area contributed by atoms with Gasteiger partial charge in [0, 0.05) is 4.88 Å². The maximum Gasteiger partial charge on any atom is 0.00424 e. The highest BCUT2D eigenvalue weighted by Crippen LogP contribution is 2.07. The van der Waals surface area contributed by atoms with Crippen LogP contribution in [0.4, 0.5) is 0 Å². The molecule has 0 amide bonds. The molecule has 1 rings (SSSR count). The maximum atomic E-state index is 2.17. The van der Waals surface area contributed by atoms with Gasteiger partial charge in [0.2, 0.25) is 0 Å². The first-order valence-corrected chi connectivity index (χ1v) is 3.34. The Labute approximate surface area is 53.9 Å². The van der Waals surface area contributed by atoms with E-state index in [1.807, 2.05) is 11.3 Å². The molecule has 8 heavy (non-hydrogen) atoms. The van der Waals surface area contributed by atoms with Crippen LogP contribution < -0.4 is 6.15 Å². The highest BCUT2D eigenvalue weighted by Gasteiger charge is 1.82. The van der Waals surface area contributed by atoms with Crippen molar-refractivity contribution in [2.75, 3.05) is 0 Å². The van der Waals surface area contributed by atoms with Crippen LogP contribution in [-0.4, -0.2) is 0 Å². The molecule has 0 unspecified atom stereocenters. The fraction of sp³-hybridized carbons (Fsp3) is 0.333. The van der Waals surface area contributed by atoms with E-state index in [-0.39, 0.29) is 6.15 Å². The lowest BCUT2D eigenvalue weighted by Crippen LogP contribution is -1.63. The monoisotopic (exact) mass is 129 g/mol. The summed E-state index contributed by atoms with van der Waals surface area (Å²) >= 11 is 1.82. The van der Waals surface area contributed by atoms with Crippen molar-refractivity contribution in [2.24, 2.45) is 0 Å². The van der Waals surface area contributed by atoms with Crippen molar-refractivity contribution < 1.29 is 0 Å². The Morgan fingerprint density at radius 2 is 2.38 bits per heavy atom. The van der Waals surface area contributed by atoms with Gasteiger partial charge >= 0.3 is 0 Å². The molecular formula is C6H11NS. The molecule has 1 aromatic rings. The van der Waals surface area contributed by atoms with Gasteiger partial charge < -0.3 is 6.15 Å². The van der Waals surface area contributed by atoms with Crippen LogP contribution in [0, 0.1) is 0 Å². The predicted molar refractivity (Wildman–Crippen MR) is 38.7 cm³/mol. The topological polar surface area (TPSA) is 35.0 Å². The summed E-state index contributed by atoms with van der Waals surface area (Å²) in [5.74, 6) is 0. The number of rotatable bonds is 1. The number of hydrogen-bond donors (Lipinski definition) is 1. The van der Waals surface area contributed by atoms with Gasteiger partial charge in [-0.05, 0) is 17.9 Å². The number of hydrogen-bond acceptors (Lipinski definition) is 2. The van der Waals surface area contributed by atoms with Gasteiger partial charge in [-0.15, -0.1) is 11.3 Å². The van der Waals surface area contributed by atoms with Gasteiger partial charge in [-0.3, -0.25) is 0 Å². The van der Waals surface area contributed by atoms with E-state index in [9.17, 15) is 0 Å². The summed E-state index contributed by atoms with van der Waals surface area (Å²) in [6, 6.07) is 4.24. The quantitative estimate of drug-likeness (QED) is 0.621. The summed E-state index contributed by atoms with van der Waals surface area (Å²) in [4.78, 5) is 1.47. The van der Waals surface area contributed by atoms with Crippen molar-refractivity contribution in [1.29, 1.82) is 0 Å². The van der Waals surface area contributed by atoms with Crippen LogP contribution >= 0.6 is 11.3 Å². The minimum absolute atomic E-state index is 0. The molecular weight excluding hydrogens is 118 g/mol. The van der Waals surface area contributed by atoms with E-state index in [0.717, 1.165) is 0 Å². The second-order valence-electron chi connectivity index (χ2n) is 1.43. The second-order valence-corrected chi connectivity index (χ2v) is 2.47. The molecule has 0 aromatic carbocycles. The highest BCUT2D eigenvalue weighted by atomic mass is 32.1. The largest absolute Gasteiger partial charge is 0.344 e. The van der Waals surface area contributed by atoms with Gasteiger partial charge in [-0.2, -0.15) is 0 Å². The summed E-state index contributed by atoms with van der Waals surface area (Å²) in [5.41, 5.74) is 0. The molecule has 1 aromatic heterocycles. The summed E-state index contributed by atoms with van der Waals surface area (Å²) < 4.78 is 0. The molecule has 1 heterocycles. The lowest BCUT2D eigenvalue weighted by atomic mass is 10.4. The van der Waals surface area contributed by atoms with E-state index in [0.29, 0.717) is 0 Å². The summed E-state index contributed by atoms with van der Waals surface area (Å²) in [6.07, 6.45) is 1.18. The standard InChI is InChI=1S/C6H8S.H3N/c1-2-6-4-3-5-7-6;/h3-5H,2H2,1H3;1H3. The molecule has 1 nitrogen and oxygen atoms in total. The molecule has 0 aliphatic rings. The predicted octanol–water partition coefficient (Wildman–Crippen LogP) is 2.47. The average molecular weight is 129 g/mol. The molecule has 2 heteroatoms. The second kappa shape index (κ2) is 3.64. The third-order valence-electron chi connectivity index (χ3n) is 0.929.